The number of halogens is 1. The molecule has 0 spiro atoms. The van der Waals surface area contributed by atoms with Gasteiger partial charge >= 0.3 is 5.97 Å². The van der Waals surface area contributed by atoms with Crippen molar-refractivity contribution in [2.24, 2.45) is 0 Å². The second kappa shape index (κ2) is 6.33. The molecule has 0 saturated carbocycles. The van der Waals surface area contributed by atoms with Crippen LogP contribution in [0.2, 0.25) is 5.02 Å². The first-order valence-electron chi connectivity index (χ1n) is 6.21. The highest BCUT2D eigenvalue weighted by atomic mass is 35.5. The Labute approximate surface area is 126 Å². The van der Waals surface area contributed by atoms with Crippen molar-refractivity contribution in [1.29, 1.82) is 0 Å². The lowest BCUT2D eigenvalue weighted by Crippen LogP contribution is -2.06. The summed E-state index contributed by atoms with van der Waals surface area (Å²) in [5, 5.41) is 10.1. The molecule has 1 heterocycles. The molecule has 0 amide bonds. The zero-order chi connectivity index (χ0) is 14.7. The van der Waals surface area contributed by atoms with E-state index in [4.69, 9.17) is 16.7 Å². The SMILES string of the molecule is CCc1cnc(SCC(=O)O)n1-c1c(C)cccc1Cl. The van der Waals surface area contributed by atoms with Crippen LogP contribution in [-0.2, 0) is 11.2 Å². The summed E-state index contributed by atoms with van der Waals surface area (Å²) in [5.74, 6) is -0.887. The van der Waals surface area contributed by atoms with Gasteiger partial charge in [-0.15, -0.1) is 0 Å². The molecule has 4 nitrogen and oxygen atoms in total. The minimum absolute atomic E-state index is 0.0241. The van der Waals surface area contributed by atoms with Crippen LogP contribution in [0.5, 0.6) is 0 Å². The second-order valence-corrected chi connectivity index (χ2v) is 5.66. The van der Waals surface area contributed by atoms with Gasteiger partial charge in [0.15, 0.2) is 5.16 Å². The molecule has 1 N–H and O–H groups in total. The predicted octanol–water partition coefficient (Wildman–Crippen LogP) is 3.57. The highest BCUT2D eigenvalue weighted by molar-refractivity contribution is 7.99. The molecule has 0 saturated heterocycles. The Morgan fingerprint density at radius 2 is 2.25 bits per heavy atom. The largest absolute Gasteiger partial charge is 0.481 e. The van der Waals surface area contributed by atoms with E-state index < -0.39 is 5.97 Å². The third-order valence-electron chi connectivity index (χ3n) is 2.90. The molecule has 0 unspecified atom stereocenters. The summed E-state index contributed by atoms with van der Waals surface area (Å²) in [6, 6.07) is 5.70. The monoisotopic (exact) mass is 310 g/mol. The number of imidazole rings is 1. The number of para-hydroxylation sites is 1. The van der Waals surface area contributed by atoms with Crippen molar-refractivity contribution < 1.29 is 9.90 Å². The fraction of sp³-hybridized carbons (Fsp3) is 0.286. The van der Waals surface area contributed by atoms with E-state index in [1.807, 2.05) is 36.6 Å². The van der Waals surface area contributed by atoms with E-state index in [2.05, 4.69) is 4.98 Å². The molecule has 0 bridgehead atoms. The Morgan fingerprint density at radius 1 is 1.50 bits per heavy atom. The average molecular weight is 311 g/mol. The molecule has 6 heteroatoms. The molecule has 2 rings (SSSR count). The average Bonchev–Trinajstić information content (AvgIpc) is 2.79. The van der Waals surface area contributed by atoms with Crippen LogP contribution >= 0.6 is 23.4 Å². The Morgan fingerprint density at radius 3 is 2.85 bits per heavy atom. The normalized spacial score (nSPS) is 10.8. The lowest BCUT2D eigenvalue weighted by Gasteiger charge is -2.14. The van der Waals surface area contributed by atoms with Crippen molar-refractivity contribution in [1.82, 2.24) is 9.55 Å². The molecule has 0 aliphatic heterocycles. The zero-order valence-corrected chi connectivity index (χ0v) is 12.8. The fourth-order valence-electron chi connectivity index (χ4n) is 1.99. The topological polar surface area (TPSA) is 55.1 Å². The van der Waals surface area contributed by atoms with E-state index >= 15 is 0 Å². The summed E-state index contributed by atoms with van der Waals surface area (Å²) in [4.78, 5) is 15.1. The van der Waals surface area contributed by atoms with E-state index in [0.29, 0.717) is 10.2 Å². The van der Waals surface area contributed by atoms with Crippen LogP contribution in [0.15, 0.2) is 29.6 Å². The standard InChI is InChI=1S/C14H15ClN2O2S/c1-3-10-7-16-14(20-8-12(18)19)17(10)13-9(2)5-4-6-11(13)15/h4-7H,3,8H2,1-2H3,(H,18,19). The van der Waals surface area contributed by atoms with Crippen LogP contribution in [0.4, 0.5) is 0 Å². The van der Waals surface area contributed by atoms with E-state index in [1.54, 1.807) is 6.20 Å². The number of hydrogen-bond donors (Lipinski definition) is 1. The van der Waals surface area contributed by atoms with Gasteiger partial charge in [0.2, 0.25) is 0 Å². The quantitative estimate of drug-likeness (QED) is 0.858. The number of rotatable bonds is 5. The molecule has 0 aliphatic rings. The number of carbonyl (C=O) groups is 1. The second-order valence-electron chi connectivity index (χ2n) is 4.31. The zero-order valence-electron chi connectivity index (χ0n) is 11.3. The predicted molar refractivity (Wildman–Crippen MR) is 81.0 cm³/mol. The fourth-order valence-corrected chi connectivity index (χ4v) is 3.01. The van der Waals surface area contributed by atoms with Crippen LogP contribution in [0, 0.1) is 6.92 Å². The summed E-state index contributed by atoms with van der Waals surface area (Å²) in [6.45, 7) is 4.01. The molecule has 1 aromatic carbocycles. The first kappa shape index (κ1) is 14.9. The summed E-state index contributed by atoms with van der Waals surface area (Å²) in [7, 11) is 0. The number of hydrogen-bond acceptors (Lipinski definition) is 3. The van der Waals surface area contributed by atoms with Crippen LogP contribution < -0.4 is 0 Å². The number of carboxylic acids is 1. The first-order chi connectivity index (χ1) is 9.54. The van der Waals surface area contributed by atoms with Crippen molar-refractivity contribution in [2.45, 2.75) is 25.4 Å². The number of aliphatic carboxylic acids is 1. The number of nitrogens with zero attached hydrogens (tertiary/aromatic N) is 2. The lowest BCUT2D eigenvalue weighted by molar-refractivity contribution is -0.133. The van der Waals surface area contributed by atoms with Gasteiger partial charge in [0, 0.05) is 11.9 Å². The van der Waals surface area contributed by atoms with Crippen LogP contribution in [0.3, 0.4) is 0 Å². The Kier molecular flexibility index (Phi) is 4.73. The van der Waals surface area contributed by atoms with Crippen molar-refractivity contribution >= 4 is 29.3 Å². The molecule has 20 heavy (non-hydrogen) atoms. The van der Waals surface area contributed by atoms with Crippen LogP contribution in [-0.4, -0.2) is 26.4 Å². The van der Waals surface area contributed by atoms with Crippen LogP contribution in [0.25, 0.3) is 5.69 Å². The number of aromatic nitrogens is 2. The van der Waals surface area contributed by atoms with E-state index in [-0.39, 0.29) is 5.75 Å². The van der Waals surface area contributed by atoms with Gasteiger partial charge in [0.25, 0.3) is 0 Å². The van der Waals surface area contributed by atoms with Gasteiger partial charge in [0.1, 0.15) is 0 Å². The Hall–Kier alpha value is -1.46. The molecule has 1 aromatic heterocycles. The third kappa shape index (κ3) is 2.99. The molecule has 0 atom stereocenters. The first-order valence-corrected chi connectivity index (χ1v) is 7.57. The highest BCUT2D eigenvalue weighted by Crippen LogP contribution is 2.30. The third-order valence-corrected chi connectivity index (χ3v) is 4.14. The lowest BCUT2D eigenvalue weighted by atomic mass is 10.2. The van der Waals surface area contributed by atoms with Crippen molar-refractivity contribution in [2.75, 3.05) is 5.75 Å². The summed E-state index contributed by atoms with van der Waals surface area (Å²) >= 11 is 7.51. The number of thioether (sulfide) groups is 1. The summed E-state index contributed by atoms with van der Waals surface area (Å²) in [6.07, 6.45) is 2.57. The van der Waals surface area contributed by atoms with Crippen molar-refractivity contribution in [3.63, 3.8) is 0 Å². The van der Waals surface area contributed by atoms with E-state index in [9.17, 15) is 4.79 Å². The molecule has 106 valence electrons. The smallest absolute Gasteiger partial charge is 0.313 e. The van der Waals surface area contributed by atoms with Crippen molar-refractivity contribution in [3.8, 4) is 5.69 Å². The van der Waals surface area contributed by atoms with Gasteiger partial charge < -0.3 is 5.11 Å². The highest BCUT2D eigenvalue weighted by Gasteiger charge is 2.16. The molecule has 0 fully saturated rings. The molecular formula is C14H15ClN2O2S. The van der Waals surface area contributed by atoms with Gasteiger partial charge in [-0.05, 0) is 25.0 Å². The maximum atomic E-state index is 10.7. The molecule has 0 radical (unpaired) electrons. The summed E-state index contributed by atoms with van der Waals surface area (Å²) in [5.41, 5.74) is 2.91. The maximum absolute atomic E-state index is 10.7. The maximum Gasteiger partial charge on any atom is 0.313 e. The number of carboxylic acid groups (broad SMARTS) is 1. The van der Waals surface area contributed by atoms with Gasteiger partial charge in [0.05, 0.1) is 16.5 Å². The van der Waals surface area contributed by atoms with Crippen molar-refractivity contribution in [3.05, 3.63) is 40.7 Å². The Balaban J connectivity index is 2.53. The van der Waals surface area contributed by atoms with Gasteiger partial charge in [-0.3, -0.25) is 9.36 Å². The van der Waals surface area contributed by atoms with Crippen LogP contribution in [0.1, 0.15) is 18.2 Å². The van der Waals surface area contributed by atoms with E-state index in [0.717, 1.165) is 23.4 Å². The van der Waals surface area contributed by atoms with Gasteiger partial charge in [-0.1, -0.05) is 42.4 Å². The van der Waals surface area contributed by atoms with E-state index in [1.165, 1.54) is 11.8 Å². The van der Waals surface area contributed by atoms with Gasteiger partial charge in [-0.2, -0.15) is 0 Å². The van der Waals surface area contributed by atoms with Gasteiger partial charge in [-0.25, -0.2) is 4.98 Å². The molecule has 2 aromatic rings. The Bertz CT molecular complexity index is 620. The molecular weight excluding hydrogens is 296 g/mol. The number of benzene rings is 1. The minimum Gasteiger partial charge on any atom is -0.481 e. The molecule has 0 aliphatic carbocycles. The summed E-state index contributed by atoms with van der Waals surface area (Å²) < 4.78 is 1.95. The number of aryl methyl sites for hydroxylation is 2. The minimum atomic E-state index is -0.863.